The zero-order chi connectivity index (χ0) is 13.2. The number of hydrogen-bond donors (Lipinski definition) is 2. The number of hydrogen-bond acceptors (Lipinski definition) is 6. The highest BCUT2D eigenvalue weighted by atomic mass is 16.6. The van der Waals surface area contributed by atoms with Gasteiger partial charge in [-0.25, -0.2) is 0 Å². The van der Waals surface area contributed by atoms with Crippen molar-refractivity contribution in [1.82, 2.24) is 0 Å². The summed E-state index contributed by atoms with van der Waals surface area (Å²) in [5.41, 5.74) is 0. The molecule has 108 valence electrons. The molecule has 0 spiro atoms. The fourth-order valence-corrected chi connectivity index (χ4v) is 1.06. The van der Waals surface area contributed by atoms with Crippen LogP contribution in [0.4, 0.5) is 0 Å². The highest BCUT2D eigenvalue weighted by molar-refractivity contribution is 4.71. The number of aliphatic hydroxyl groups excluding tert-OH is 2. The molecule has 0 radical (unpaired) electrons. The second-order valence-corrected chi connectivity index (χ2v) is 4.31. The average molecular weight is 264 g/mol. The average Bonchev–Trinajstić information content (AvgIpc) is 3.24. The smallest absolute Gasteiger partial charge is 0.104 e. The number of aliphatic hydroxyl groups is 2. The predicted octanol–water partition coefficient (Wildman–Crippen LogP) is -0.433. The Balaban J connectivity index is 0.000000180. The van der Waals surface area contributed by atoms with Gasteiger partial charge in [0.25, 0.3) is 0 Å². The number of rotatable bonds is 9. The minimum absolute atomic E-state index is 0.0242. The van der Waals surface area contributed by atoms with Crippen LogP contribution in [-0.2, 0) is 18.9 Å². The highest BCUT2D eigenvalue weighted by Gasteiger charge is 2.26. The van der Waals surface area contributed by atoms with Crippen molar-refractivity contribution in [3.8, 4) is 0 Å². The maximum absolute atomic E-state index is 8.88. The third-order valence-corrected chi connectivity index (χ3v) is 2.43. The van der Waals surface area contributed by atoms with Gasteiger partial charge in [-0.2, -0.15) is 0 Å². The molecule has 18 heavy (non-hydrogen) atoms. The van der Waals surface area contributed by atoms with Gasteiger partial charge in [-0.3, -0.25) is 0 Å². The molecule has 6 heteroatoms. The van der Waals surface area contributed by atoms with E-state index >= 15 is 0 Å². The fourth-order valence-electron chi connectivity index (χ4n) is 1.06. The number of ether oxygens (including phenoxy) is 4. The van der Waals surface area contributed by atoms with Crippen LogP contribution in [0.15, 0.2) is 0 Å². The molecule has 0 amide bonds. The SMILES string of the molecule is C(OCC1CO1)C1CO1.CCC(O)COCCO. The lowest BCUT2D eigenvalue weighted by atomic mass is 10.3. The fraction of sp³-hybridized carbons (Fsp3) is 1.00. The van der Waals surface area contributed by atoms with Crippen LogP contribution in [0.25, 0.3) is 0 Å². The Morgan fingerprint density at radius 2 is 1.72 bits per heavy atom. The maximum Gasteiger partial charge on any atom is 0.104 e. The summed E-state index contributed by atoms with van der Waals surface area (Å²) in [6, 6.07) is 0. The van der Waals surface area contributed by atoms with Gasteiger partial charge in [-0.1, -0.05) is 6.92 Å². The molecule has 6 nitrogen and oxygen atoms in total. The van der Waals surface area contributed by atoms with E-state index < -0.39 is 0 Å². The van der Waals surface area contributed by atoms with Crippen molar-refractivity contribution in [2.45, 2.75) is 31.7 Å². The summed E-state index contributed by atoms with van der Waals surface area (Å²) in [5.74, 6) is 0. The normalized spacial score (nSPS) is 26.2. The van der Waals surface area contributed by atoms with Crippen LogP contribution < -0.4 is 0 Å². The van der Waals surface area contributed by atoms with Crippen LogP contribution >= 0.6 is 0 Å². The molecule has 2 N–H and O–H groups in total. The second-order valence-electron chi connectivity index (χ2n) is 4.31. The van der Waals surface area contributed by atoms with E-state index in [1.165, 1.54) is 0 Å². The molecule has 3 atom stereocenters. The first-order chi connectivity index (χ1) is 8.76. The first-order valence-corrected chi connectivity index (χ1v) is 6.43. The summed E-state index contributed by atoms with van der Waals surface area (Å²) in [7, 11) is 0. The molecule has 0 bridgehead atoms. The van der Waals surface area contributed by atoms with E-state index in [1.807, 2.05) is 6.92 Å². The van der Waals surface area contributed by atoms with E-state index in [9.17, 15) is 0 Å². The van der Waals surface area contributed by atoms with E-state index in [2.05, 4.69) is 0 Å². The van der Waals surface area contributed by atoms with Gasteiger partial charge in [0.2, 0.25) is 0 Å². The van der Waals surface area contributed by atoms with Crippen LogP contribution in [-0.4, -0.2) is 74.8 Å². The molecule has 3 unspecified atom stereocenters. The third kappa shape index (κ3) is 9.76. The van der Waals surface area contributed by atoms with Crippen molar-refractivity contribution >= 4 is 0 Å². The summed E-state index contributed by atoms with van der Waals surface area (Å²) in [6.45, 7) is 5.81. The van der Waals surface area contributed by atoms with Gasteiger partial charge in [0.1, 0.15) is 12.2 Å². The molecule has 2 heterocycles. The topological polar surface area (TPSA) is 84.0 Å². The van der Waals surface area contributed by atoms with Crippen LogP contribution in [0.2, 0.25) is 0 Å². The van der Waals surface area contributed by atoms with E-state index in [4.69, 9.17) is 29.2 Å². The zero-order valence-corrected chi connectivity index (χ0v) is 10.9. The van der Waals surface area contributed by atoms with Crippen LogP contribution in [0.5, 0.6) is 0 Å². The Morgan fingerprint density at radius 3 is 2.11 bits per heavy atom. The maximum atomic E-state index is 8.88. The largest absolute Gasteiger partial charge is 0.394 e. The van der Waals surface area contributed by atoms with Gasteiger partial charge in [-0.15, -0.1) is 0 Å². The lowest BCUT2D eigenvalue weighted by Crippen LogP contribution is -2.15. The van der Waals surface area contributed by atoms with Gasteiger partial charge in [0, 0.05) is 0 Å². The van der Waals surface area contributed by atoms with Crippen molar-refractivity contribution in [3.05, 3.63) is 0 Å². The molecule has 0 saturated carbocycles. The monoisotopic (exact) mass is 264 g/mol. The Labute approximate surface area is 108 Å². The molecular weight excluding hydrogens is 240 g/mol. The summed E-state index contributed by atoms with van der Waals surface area (Å²) in [4.78, 5) is 0. The van der Waals surface area contributed by atoms with E-state index in [0.29, 0.717) is 31.8 Å². The van der Waals surface area contributed by atoms with Crippen molar-refractivity contribution in [2.75, 3.05) is 46.2 Å². The van der Waals surface area contributed by atoms with Crippen molar-refractivity contribution in [2.24, 2.45) is 0 Å². The first-order valence-electron chi connectivity index (χ1n) is 6.43. The van der Waals surface area contributed by atoms with Crippen molar-refractivity contribution < 1.29 is 29.2 Å². The highest BCUT2D eigenvalue weighted by Crippen LogP contribution is 2.12. The zero-order valence-electron chi connectivity index (χ0n) is 10.9. The van der Waals surface area contributed by atoms with Crippen LogP contribution in [0.1, 0.15) is 13.3 Å². The van der Waals surface area contributed by atoms with Crippen LogP contribution in [0, 0.1) is 0 Å². The van der Waals surface area contributed by atoms with Gasteiger partial charge in [0.05, 0.1) is 52.4 Å². The summed E-state index contributed by atoms with van der Waals surface area (Å²) in [5, 5.41) is 17.1. The number of epoxide rings is 2. The summed E-state index contributed by atoms with van der Waals surface area (Å²) < 4.78 is 20.0. The Morgan fingerprint density at radius 1 is 1.17 bits per heavy atom. The van der Waals surface area contributed by atoms with E-state index in [1.54, 1.807) is 0 Å². The molecule has 0 aromatic rings. The molecular formula is C12H24O6. The quantitative estimate of drug-likeness (QED) is 0.434. The minimum atomic E-state index is -0.378. The molecule has 2 aliphatic rings. The predicted molar refractivity (Wildman–Crippen MR) is 64.5 cm³/mol. The van der Waals surface area contributed by atoms with Crippen molar-refractivity contribution in [1.29, 1.82) is 0 Å². The lowest BCUT2D eigenvalue weighted by Gasteiger charge is -2.06. The first kappa shape index (κ1) is 15.8. The van der Waals surface area contributed by atoms with E-state index in [0.717, 1.165) is 26.4 Å². The van der Waals surface area contributed by atoms with Gasteiger partial charge >= 0.3 is 0 Å². The van der Waals surface area contributed by atoms with Crippen LogP contribution in [0.3, 0.4) is 0 Å². The molecule has 2 aliphatic heterocycles. The summed E-state index contributed by atoms with van der Waals surface area (Å²) in [6.07, 6.45) is 1.11. The van der Waals surface area contributed by atoms with Gasteiger partial charge < -0.3 is 29.2 Å². The summed E-state index contributed by atoms with van der Waals surface area (Å²) >= 11 is 0. The standard InChI is InChI=1S/C6H10O3.C6H14O3/c1(5-3-8-5)7-2-6-4-9-6;1-2-6(8)5-9-4-3-7/h5-6H,1-4H2;6-8H,2-5H2,1H3. The molecule has 0 aliphatic carbocycles. The molecule has 2 rings (SSSR count). The molecule has 2 saturated heterocycles. The lowest BCUT2D eigenvalue weighted by molar-refractivity contribution is 0.0201. The van der Waals surface area contributed by atoms with Crippen molar-refractivity contribution in [3.63, 3.8) is 0 Å². The molecule has 0 aromatic carbocycles. The molecule has 0 aromatic heterocycles. The Bertz CT molecular complexity index is 181. The van der Waals surface area contributed by atoms with E-state index in [-0.39, 0.29) is 12.7 Å². The minimum Gasteiger partial charge on any atom is -0.394 e. The Hall–Kier alpha value is -0.240. The second kappa shape index (κ2) is 9.66. The van der Waals surface area contributed by atoms with Gasteiger partial charge in [0.15, 0.2) is 0 Å². The third-order valence-electron chi connectivity index (χ3n) is 2.43. The Kier molecular flexibility index (Phi) is 8.49. The molecule has 2 fully saturated rings. The van der Waals surface area contributed by atoms with Gasteiger partial charge in [-0.05, 0) is 6.42 Å².